The normalized spacial score (nSPS) is 17.9. The molecule has 82 valence electrons. The van der Waals surface area contributed by atoms with Crippen molar-refractivity contribution in [1.29, 1.82) is 0 Å². The van der Waals surface area contributed by atoms with Gasteiger partial charge in [-0.25, -0.2) is 4.68 Å². The zero-order chi connectivity index (χ0) is 10.8. The molecule has 5 nitrogen and oxygen atoms in total. The Labute approximate surface area is 88.6 Å². The number of carbonyl (C=O) groups excluding carboxylic acids is 1. The molecule has 0 spiro atoms. The molecule has 1 aromatic heterocycles. The average Bonchev–Trinajstić information content (AvgIpc) is 2.61. The number of hydrogen-bond donors (Lipinski definition) is 1. The number of nitrogens with two attached hydrogens (primary N) is 1. The van der Waals surface area contributed by atoms with Gasteiger partial charge in [-0.05, 0) is 12.8 Å². The minimum atomic E-state index is -0.116. The Morgan fingerprint density at radius 1 is 1.40 bits per heavy atom. The largest absolute Gasteiger partial charge is 0.382 e. The lowest BCUT2D eigenvalue weighted by atomic mass is 9.95. The number of hydrogen-bond acceptors (Lipinski definition) is 4. The Morgan fingerprint density at radius 3 is 2.60 bits per heavy atom. The van der Waals surface area contributed by atoms with E-state index in [4.69, 9.17) is 5.73 Å². The van der Waals surface area contributed by atoms with Crippen molar-refractivity contribution >= 4 is 11.6 Å². The standard InChI is InChI=1S/C10H16N4O/c1-7(15)9-10(11)14(13-12-9)8-5-3-2-4-6-8/h8H,2-6,11H2,1H3. The van der Waals surface area contributed by atoms with Crippen LogP contribution in [-0.4, -0.2) is 20.8 Å². The van der Waals surface area contributed by atoms with Crippen LogP contribution in [0.25, 0.3) is 0 Å². The molecule has 1 heterocycles. The molecule has 1 saturated carbocycles. The monoisotopic (exact) mass is 208 g/mol. The van der Waals surface area contributed by atoms with Gasteiger partial charge in [0.15, 0.2) is 17.3 Å². The molecule has 1 aromatic rings. The molecule has 0 unspecified atom stereocenters. The molecule has 1 fully saturated rings. The van der Waals surface area contributed by atoms with Gasteiger partial charge in [0.05, 0.1) is 6.04 Å². The summed E-state index contributed by atoms with van der Waals surface area (Å²) in [4.78, 5) is 11.2. The van der Waals surface area contributed by atoms with Gasteiger partial charge in [0.1, 0.15) is 0 Å². The van der Waals surface area contributed by atoms with Crippen LogP contribution in [0.4, 0.5) is 5.82 Å². The lowest BCUT2D eigenvalue weighted by Crippen LogP contribution is -2.16. The summed E-state index contributed by atoms with van der Waals surface area (Å²) in [6.45, 7) is 1.46. The maximum absolute atomic E-state index is 11.2. The molecule has 2 N–H and O–H groups in total. The lowest BCUT2D eigenvalue weighted by Gasteiger charge is -2.22. The summed E-state index contributed by atoms with van der Waals surface area (Å²) in [7, 11) is 0. The van der Waals surface area contributed by atoms with Gasteiger partial charge in [0.25, 0.3) is 0 Å². The van der Waals surface area contributed by atoms with E-state index < -0.39 is 0 Å². The Balaban J connectivity index is 2.24. The number of ketones is 1. The molecule has 5 heteroatoms. The summed E-state index contributed by atoms with van der Waals surface area (Å²) < 4.78 is 1.72. The molecule has 0 radical (unpaired) electrons. The number of rotatable bonds is 2. The van der Waals surface area contributed by atoms with Crippen LogP contribution in [0.5, 0.6) is 0 Å². The van der Waals surface area contributed by atoms with Gasteiger partial charge in [0.2, 0.25) is 0 Å². The van der Waals surface area contributed by atoms with Crippen LogP contribution in [0.15, 0.2) is 0 Å². The second-order valence-electron chi connectivity index (χ2n) is 4.12. The van der Waals surface area contributed by atoms with Crippen LogP contribution in [0.2, 0.25) is 0 Å². The Hall–Kier alpha value is -1.39. The molecular weight excluding hydrogens is 192 g/mol. The van der Waals surface area contributed by atoms with Crippen LogP contribution in [0, 0.1) is 0 Å². The molecule has 1 aliphatic rings. The van der Waals surface area contributed by atoms with E-state index in [9.17, 15) is 4.79 Å². The minimum Gasteiger partial charge on any atom is -0.382 e. The quantitative estimate of drug-likeness (QED) is 0.748. The summed E-state index contributed by atoms with van der Waals surface area (Å²) >= 11 is 0. The van der Waals surface area contributed by atoms with Gasteiger partial charge in [-0.3, -0.25) is 4.79 Å². The van der Waals surface area contributed by atoms with Crippen molar-refractivity contribution in [3.63, 3.8) is 0 Å². The van der Waals surface area contributed by atoms with E-state index in [0.29, 0.717) is 17.6 Å². The van der Waals surface area contributed by atoms with E-state index in [0.717, 1.165) is 12.8 Å². The number of aromatic nitrogens is 3. The van der Waals surface area contributed by atoms with Gasteiger partial charge in [-0.15, -0.1) is 5.10 Å². The van der Waals surface area contributed by atoms with Gasteiger partial charge in [-0.2, -0.15) is 0 Å². The molecule has 0 bridgehead atoms. The summed E-state index contributed by atoms with van der Waals surface area (Å²) in [5.41, 5.74) is 6.16. The predicted octanol–water partition coefficient (Wildman–Crippen LogP) is 1.57. The second-order valence-corrected chi connectivity index (χ2v) is 4.12. The highest BCUT2D eigenvalue weighted by molar-refractivity contribution is 5.96. The molecule has 1 aliphatic carbocycles. The highest BCUT2D eigenvalue weighted by Gasteiger charge is 2.21. The average molecular weight is 208 g/mol. The number of nitrogen functional groups attached to an aromatic ring is 1. The van der Waals surface area contributed by atoms with Gasteiger partial charge >= 0.3 is 0 Å². The highest BCUT2D eigenvalue weighted by Crippen LogP contribution is 2.29. The smallest absolute Gasteiger partial charge is 0.183 e. The fourth-order valence-corrected chi connectivity index (χ4v) is 2.15. The van der Waals surface area contributed by atoms with Crippen LogP contribution >= 0.6 is 0 Å². The highest BCUT2D eigenvalue weighted by atomic mass is 16.1. The van der Waals surface area contributed by atoms with Crippen LogP contribution in [0.3, 0.4) is 0 Å². The number of carbonyl (C=O) groups is 1. The Kier molecular flexibility index (Phi) is 2.70. The molecule has 2 rings (SSSR count). The van der Waals surface area contributed by atoms with E-state index in [-0.39, 0.29) is 5.78 Å². The number of anilines is 1. The van der Waals surface area contributed by atoms with Crippen molar-refractivity contribution in [3.05, 3.63) is 5.69 Å². The molecule has 0 saturated heterocycles. The third kappa shape index (κ3) is 1.86. The first-order valence-electron chi connectivity index (χ1n) is 5.41. The molecule has 0 amide bonds. The van der Waals surface area contributed by atoms with E-state index in [1.807, 2.05) is 0 Å². The Morgan fingerprint density at radius 2 is 2.07 bits per heavy atom. The van der Waals surface area contributed by atoms with Crippen LogP contribution in [-0.2, 0) is 0 Å². The lowest BCUT2D eigenvalue weighted by molar-refractivity contribution is 0.101. The topological polar surface area (TPSA) is 73.8 Å². The first kappa shape index (κ1) is 10.1. The summed E-state index contributed by atoms with van der Waals surface area (Å²) in [5, 5.41) is 7.81. The van der Waals surface area contributed by atoms with E-state index in [1.54, 1.807) is 4.68 Å². The predicted molar refractivity (Wildman–Crippen MR) is 56.6 cm³/mol. The summed E-state index contributed by atoms with van der Waals surface area (Å²) in [6, 6.07) is 0.333. The van der Waals surface area contributed by atoms with Gasteiger partial charge in [-0.1, -0.05) is 24.5 Å². The second kappa shape index (κ2) is 4.00. The number of nitrogens with zero attached hydrogens (tertiary/aromatic N) is 3. The van der Waals surface area contributed by atoms with E-state index in [1.165, 1.54) is 26.2 Å². The van der Waals surface area contributed by atoms with Crippen molar-refractivity contribution in [2.45, 2.75) is 45.1 Å². The van der Waals surface area contributed by atoms with E-state index in [2.05, 4.69) is 10.3 Å². The van der Waals surface area contributed by atoms with Crippen molar-refractivity contribution in [2.24, 2.45) is 0 Å². The van der Waals surface area contributed by atoms with Crippen molar-refractivity contribution in [3.8, 4) is 0 Å². The zero-order valence-corrected chi connectivity index (χ0v) is 8.94. The third-order valence-electron chi connectivity index (χ3n) is 2.98. The molecule has 0 aromatic carbocycles. The zero-order valence-electron chi connectivity index (χ0n) is 8.94. The fourth-order valence-electron chi connectivity index (χ4n) is 2.15. The van der Waals surface area contributed by atoms with Crippen molar-refractivity contribution in [1.82, 2.24) is 15.0 Å². The van der Waals surface area contributed by atoms with Crippen molar-refractivity contribution < 1.29 is 4.79 Å². The van der Waals surface area contributed by atoms with Crippen molar-refractivity contribution in [2.75, 3.05) is 5.73 Å². The molecule has 15 heavy (non-hydrogen) atoms. The SMILES string of the molecule is CC(=O)c1nnn(C2CCCCC2)c1N. The first-order chi connectivity index (χ1) is 7.20. The maximum Gasteiger partial charge on any atom is 0.183 e. The summed E-state index contributed by atoms with van der Waals surface area (Å²) in [5.74, 6) is 0.309. The molecule has 0 atom stereocenters. The maximum atomic E-state index is 11.2. The number of Topliss-reactive ketones (excluding diaryl/α,β-unsaturated/α-hetero) is 1. The van der Waals surface area contributed by atoms with E-state index >= 15 is 0 Å². The van der Waals surface area contributed by atoms with Crippen LogP contribution in [0.1, 0.15) is 55.6 Å². The molecule has 0 aliphatic heterocycles. The Bertz CT molecular complexity index is 365. The molecular formula is C10H16N4O. The van der Waals surface area contributed by atoms with Gasteiger partial charge < -0.3 is 5.73 Å². The fraction of sp³-hybridized carbons (Fsp3) is 0.700. The van der Waals surface area contributed by atoms with Crippen LogP contribution < -0.4 is 5.73 Å². The summed E-state index contributed by atoms with van der Waals surface area (Å²) in [6.07, 6.45) is 5.87. The first-order valence-corrected chi connectivity index (χ1v) is 5.41. The third-order valence-corrected chi connectivity index (χ3v) is 2.98. The minimum absolute atomic E-state index is 0.116. The van der Waals surface area contributed by atoms with Gasteiger partial charge in [0, 0.05) is 6.92 Å².